The molecule has 1 unspecified atom stereocenters. The second kappa shape index (κ2) is 13.9. The van der Waals surface area contributed by atoms with Gasteiger partial charge in [-0.2, -0.15) is 26.3 Å². The van der Waals surface area contributed by atoms with Gasteiger partial charge in [-0.3, -0.25) is 9.59 Å². The highest BCUT2D eigenvalue weighted by molar-refractivity contribution is 7.14. The molecule has 232 valence electrons. The summed E-state index contributed by atoms with van der Waals surface area (Å²) in [5, 5.41) is 7.09. The zero-order valence-corrected chi connectivity index (χ0v) is 24.2. The maximum absolute atomic E-state index is 13.4. The molecule has 1 aromatic heterocycles. The Bertz CT molecular complexity index is 1350. The van der Waals surface area contributed by atoms with Crippen LogP contribution in [0.3, 0.4) is 0 Å². The number of carbonyl (C=O) groups excluding carboxylic acids is 2. The number of anilines is 1. The van der Waals surface area contributed by atoms with Crippen LogP contribution in [0.2, 0.25) is 0 Å². The number of nitrogens with zero attached hydrogens (tertiary/aromatic N) is 2. The van der Waals surface area contributed by atoms with E-state index in [-0.39, 0.29) is 24.0 Å². The first kappa shape index (κ1) is 32.5. The third kappa shape index (κ3) is 9.02. The monoisotopic (exact) mass is 626 g/mol. The number of piperidine rings is 1. The number of nitrogens with one attached hydrogen (secondary N) is 2. The number of hydrogen-bond donors (Lipinski definition) is 2. The Balaban J connectivity index is 1.47. The summed E-state index contributed by atoms with van der Waals surface area (Å²) < 4.78 is 79.8. The van der Waals surface area contributed by atoms with Crippen molar-refractivity contribution in [2.24, 2.45) is 0 Å². The summed E-state index contributed by atoms with van der Waals surface area (Å²) in [5.74, 6) is -1.23. The fourth-order valence-electron chi connectivity index (χ4n) is 5.09. The number of thiazole rings is 1. The molecule has 6 nitrogen and oxygen atoms in total. The summed E-state index contributed by atoms with van der Waals surface area (Å²) in [6.07, 6.45) is -7.53. The molecule has 0 spiro atoms. The predicted octanol–water partition coefficient (Wildman–Crippen LogP) is 7.20. The first-order chi connectivity index (χ1) is 20.3. The van der Waals surface area contributed by atoms with Gasteiger partial charge in [0, 0.05) is 18.3 Å². The van der Waals surface area contributed by atoms with Gasteiger partial charge in [0.05, 0.1) is 22.7 Å². The number of hydrogen-bond acceptors (Lipinski definition) is 5. The Hall–Kier alpha value is -3.45. The fourth-order valence-corrected chi connectivity index (χ4v) is 5.87. The Morgan fingerprint density at radius 3 is 2.21 bits per heavy atom. The van der Waals surface area contributed by atoms with E-state index in [4.69, 9.17) is 0 Å². The molecule has 0 aliphatic carbocycles. The number of benzene rings is 2. The van der Waals surface area contributed by atoms with Crippen molar-refractivity contribution in [3.05, 3.63) is 81.9 Å². The van der Waals surface area contributed by atoms with Crippen molar-refractivity contribution in [3.8, 4) is 0 Å². The number of rotatable bonds is 10. The number of carbonyl (C=O) groups is 2. The SMILES string of the molecule is CCC(=O)Nc1nc(C(CCN2CCC(c3ccccc3)CC2)C(=O)NCc2cc(C(F)(F)F)cc(C(F)(F)F)c2)cs1. The van der Waals surface area contributed by atoms with Gasteiger partial charge in [0.15, 0.2) is 5.13 Å². The van der Waals surface area contributed by atoms with E-state index in [1.165, 1.54) is 5.56 Å². The third-order valence-electron chi connectivity index (χ3n) is 7.47. The molecule has 2 aromatic carbocycles. The summed E-state index contributed by atoms with van der Waals surface area (Å²) in [4.78, 5) is 31.8. The van der Waals surface area contributed by atoms with Crippen LogP contribution >= 0.6 is 11.3 Å². The molecule has 2 amide bonds. The summed E-state index contributed by atoms with van der Waals surface area (Å²) in [5.41, 5.74) is -1.57. The third-order valence-corrected chi connectivity index (χ3v) is 8.25. The second-order valence-corrected chi connectivity index (χ2v) is 11.3. The molecule has 0 bridgehead atoms. The molecule has 1 fully saturated rings. The minimum Gasteiger partial charge on any atom is -0.351 e. The van der Waals surface area contributed by atoms with Gasteiger partial charge in [0.25, 0.3) is 0 Å². The van der Waals surface area contributed by atoms with Gasteiger partial charge in [0.2, 0.25) is 11.8 Å². The van der Waals surface area contributed by atoms with E-state index >= 15 is 0 Å². The fraction of sp³-hybridized carbons (Fsp3) is 0.433. The van der Waals surface area contributed by atoms with E-state index in [9.17, 15) is 35.9 Å². The molecule has 1 atom stereocenters. The number of alkyl halides is 6. The quantitative estimate of drug-likeness (QED) is 0.234. The van der Waals surface area contributed by atoms with Crippen LogP contribution < -0.4 is 10.6 Å². The number of aromatic nitrogens is 1. The highest BCUT2D eigenvalue weighted by Gasteiger charge is 2.37. The smallest absolute Gasteiger partial charge is 0.351 e. The molecular formula is C30H32F6N4O2S. The van der Waals surface area contributed by atoms with Gasteiger partial charge >= 0.3 is 12.4 Å². The van der Waals surface area contributed by atoms with Crippen LogP contribution in [0, 0.1) is 0 Å². The largest absolute Gasteiger partial charge is 0.416 e. The molecular weight excluding hydrogens is 594 g/mol. The lowest BCUT2D eigenvalue weighted by molar-refractivity contribution is -0.143. The zero-order valence-electron chi connectivity index (χ0n) is 23.4. The summed E-state index contributed by atoms with van der Waals surface area (Å²) in [6.45, 7) is 3.31. The van der Waals surface area contributed by atoms with Crippen LogP contribution in [-0.2, 0) is 28.5 Å². The van der Waals surface area contributed by atoms with Crippen molar-refractivity contribution in [3.63, 3.8) is 0 Å². The Kier molecular flexibility index (Phi) is 10.5. The van der Waals surface area contributed by atoms with Gasteiger partial charge in [0.1, 0.15) is 0 Å². The van der Waals surface area contributed by atoms with Crippen molar-refractivity contribution in [1.29, 1.82) is 0 Å². The number of halogens is 6. The molecule has 13 heteroatoms. The molecule has 0 radical (unpaired) electrons. The standard InChI is InChI=1S/C30H32F6N4O2S/c1-2-26(41)39-28-38-25(18-43-28)24(10-13-40-11-8-21(9-12-40)20-6-4-3-5-7-20)27(42)37-17-19-14-22(29(31,32)33)16-23(15-19)30(34,35)36/h3-7,14-16,18,21,24H,2,8-13,17H2,1H3,(H,37,42)(H,38,39,41). The Labute approximate surface area is 249 Å². The average Bonchev–Trinajstić information content (AvgIpc) is 3.43. The molecule has 1 aliphatic heterocycles. The number of likely N-dealkylation sites (tertiary alicyclic amines) is 1. The van der Waals surface area contributed by atoms with E-state index in [2.05, 4.69) is 32.7 Å². The summed E-state index contributed by atoms with van der Waals surface area (Å²) in [6, 6.07) is 11.5. The lowest BCUT2D eigenvalue weighted by Crippen LogP contribution is -2.36. The van der Waals surface area contributed by atoms with Crippen LogP contribution in [0.4, 0.5) is 31.5 Å². The Morgan fingerprint density at radius 1 is 1.00 bits per heavy atom. The van der Waals surface area contributed by atoms with Crippen LogP contribution in [0.5, 0.6) is 0 Å². The van der Waals surface area contributed by atoms with Gasteiger partial charge in [-0.15, -0.1) is 11.3 Å². The van der Waals surface area contributed by atoms with Crippen LogP contribution in [0.15, 0.2) is 53.9 Å². The second-order valence-electron chi connectivity index (χ2n) is 10.5. The van der Waals surface area contributed by atoms with Crippen LogP contribution in [0.1, 0.15) is 72.4 Å². The minimum atomic E-state index is -4.99. The van der Waals surface area contributed by atoms with Crippen molar-refractivity contribution in [2.75, 3.05) is 25.0 Å². The minimum absolute atomic E-state index is 0.0521. The van der Waals surface area contributed by atoms with Crippen molar-refractivity contribution in [1.82, 2.24) is 15.2 Å². The van der Waals surface area contributed by atoms with Crippen LogP contribution in [-0.4, -0.2) is 41.3 Å². The van der Waals surface area contributed by atoms with E-state index in [1.54, 1.807) is 12.3 Å². The lowest BCUT2D eigenvalue weighted by Gasteiger charge is -2.32. The summed E-state index contributed by atoms with van der Waals surface area (Å²) in [7, 11) is 0. The molecule has 1 aliphatic rings. The zero-order chi connectivity index (χ0) is 31.2. The van der Waals surface area contributed by atoms with Crippen molar-refractivity contribution >= 4 is 28.3 Å². The topological polar surface area (TPSA) is 74.3 Å². The molecule has 3 aromatic rings. The molecule has 43 heavy (non-hydrogen) atoms. The first-order valence-corrected chi connectivity index (χ1v) is 14.8. The van der Waals surface area contributed by atoms with Gasteiger partial charge in [-0.1, -0.05) is 37.3 Å². The van der Waals surface area contributed by atoms with E-state index in [1.807, 2.05) is 18.2 Å². The van der Waals surface area contributed by atoms with Crippen molar-refractivity contribution in [2.45, 2.75) is 63.3 Å². The predicted molar refractivity (Wildman–Crippen MR) is 152 cm³/mol. The van der Waals surface area contributed by atoms with Crippen LogP contribution in [0.25, 0.3) is 0 Å². The normalized spacial score (nSPS) is 15.7. The highest BCUT2D eigenvalue weighted by Crippen LogP contribution is 2.36. The maximum Gasteiger partial charge on any atom is 0.416 e. The molecule has 2 heterocycles. The van der Waals surface area contributed by atoms with E-state index in [0.29, 0.717) is 41.8 Å². The Morgan fingerprint density at radius 2 is 1.63 bits per heavy atom. The van der Waals surface area contributed by atoms with Gasteiger partial charge < -0.3 is 15.5 Å². The average molecular weight is 627 g/mol. The lowest BCUT2D eigenvalue weighted by atomic mass is 9.89. The molecule has 0 saturated carbocycles. The van der Waals surface area contributed by atoms with E-state index in [0.717, 1.165) is 37.3 Å². The highest BCUT2D eigenvalue weighted by atomic mass is 32.1. The van der Waals surface area contributed by atoms with Crippen molar-refractivity contribution < 1.29 is 35.9 Å². The first-order valence-electron chi connectivity index (χ1n) is 13.9. The summed E-state index contributed by atoms with van der Waals surface area (Å²) >= 11 is 1.14. The molecule has 1 saturated heterocycles. The van der Waals surface area contributed by atoms with E-state index < -0.39 is 41.8 Å². The molecule has 4 rings (SSSR count). The number of amides is 2. The molecule has 2 N–H and O–H groups in total. The maximum atomic E-state index is 13.4. The van der Waals surface area contributed by atoms with Gasteiger partial charge in [-0.05, 0) is 74.1 Å². The van der Waals surface area contributed by atoms with Gasteiger partial charge in [-0.25, -0.2) is 4.98 Å².